The van der Waals surface area contributed by atoms with Crippen LogP contribution in [0.4, 0.5) is 5.69 Å². The van der Waals surface area contributed by atoms with Crippen molar-refractivity contribution in [1.29, 1.82) is 0 Å². The number of anilines is 1. The molecule has 0 aliphatic heterocycles. The van der Waals surface area contributed by atoms with Gasteiger partial charge in [0.15, 0.2) is 5.65 Å². The minimum Gasteiger partial charge on any atom is -0.324 e. The highest BCUT2D eigenvalue weighted by molar-refractivity contribution is 6.31. The number of carbonyl (C=O) groups is 1. The fraction of sp³-hybridized carbons (Fsp3) is 0.143. The Morgan fingerprint density at radius 1 is 1.14 bits per heavy atom. The smallest absolute Gasteiger partial charge is 0.265 e. The number of carbonyl (C=O) groups excluding carboxylic acids is 1. The van der Waals surface area contributed by atoms with Crippen molar-refractivity contribution in [3.63, 3.8) is 0 Å². The highest BCUT2D eigenvalue weighted by Gasteiger charge is 2.16. The van der Waals surface area contributed by atoms with Crippen molar-refractivity contribution in [3.8, 4) is 5.69 Å². The van der Waals surface area contributed by atoms with Crippen molar-refractivity contribution in [1.82, 2.24) is 19.3 Å². The van der Waals surface area contributed by atoms with Gasteiger partial charge >= 0.3 is 0 Å². The van der Waals surface area contributed by atoms with Crippen LogP contribution < -0.4 is 10.9 Å². The number of fused-ring (bicyclic) bond motifs is 1. The molecule has 2 aromatic carbocycles. The first kappa shape index (κ1) is 18.9. The van der Waals surface area contributed by atoms with Gasteiger partial charge in [-0.2, -0.15) is 5.10 Å². The molecule has 0 saturated carbocycles. The van der Waals surface area contributed by atoms with Gasteiger partial charge in [-0.25, -0.2) is 9.67 Å². The van der Waals surface area contributed by atoms with Crippen LogP contribution in [0.2, 0.25) is 5.02 Å². The van der Waals surface area contributed by atoms with E-state index in [1.54, 1.807) is 23.7 Å². The highest BCUT2D eigenvalue weighted by Crippen LogP contribution is 2.20. The number of nitrogens with one attached hydrogen (secondary N) is 1. The lowest BCUT2D eigenvalue weighted by molar-refractivity contribution is -0.116. The summed E-state index contributed by atoms with van der Waals surface area (Å²) in [6, 6.07) is 14.7. The normalized spacial score (nSPS) is 11.0. The molecule has 0 spiro atoms. The summed E-state index contributed by atoms with van der Waals surface area (Å²) in [6.07, 6.45) is 1.48. The lowest BCUT2D eigenvalue weighted by atomic mass is 10.2. The predicted octanol–water partition coefficient (Wildman–Crippen LogP) is 3.49. The highest BCUT2D eigenvalue weighted by atomic mass is 35.5. The van der Waals surface area contributed by atoms with Gasteiger partial charge in [0, 0.05) is 10.7 Å². The zero-order valence-electron chi connectivity index (χ0n) is 15.9. The number of halogens is 1. The molecule has 0 unspecified atom stereocenters. The van der Waals surface area contributed by atoms with Crippen molar-refractivity contribution in [2.24, 2.45) is 0 Å². The Morgan fingerprint density at radius 3 is 2.62 bits per heavy atom. The third kappa shape index (κ3) is 3.64. The maximum absolute atomic E-state index is 12.9. The second-order valence-electron chi connectivity index (χ2n) is 6.69. The average Bonchev–Trinajstić information content (AvgIpc) is 3.12. The molecule has 2 aromatic heterocycles. The first-order valence-electron chi connectivity index (χ1n) is 9.00. The van der Waals surface area contributed by atoms with Crippen LogP contribution in [-0.4, -0.2) is 25.2 Å². The molecule has 4 rings (SSSR count). The van der Waals surface area contributed by atoms with Crippen molar-refractivity contribution < 1.29 is 4.79 Å². The Morgan fingerprint density at radius 2 is 1.90 bits per heavy atom. The number of aromatic nitrogens is 4. The molecule has 1 N–H and O–H groups in total. The summed E-state index contributed by atoms with van der Waals surface area (Å²) >= 11 is 6.10. The zero-order chi connectivity index (χ0) is 20.5. The molecule has 4 aromatic rings. The number of amides is 1. The number of aryl methyl sites for hydroxylation is 2. The first-order valence-corrected chi connectivity index (χ1v) is 9.38. The summed E-state index contributed by atoms with van der Waals surface area (Å²) < 4.78 is 2.95. The summed E-state index contributed by atoms with van der Waals surface area (Å²) in [6.45, 7) is 3.42. The van der Waals surface area contributed by atoms with Gasteiger partial charge in [-0.3, -0.25) is 14.2 Å². The summed E-state index contributed by atoms with van der Waals surface area (Å²) in [5.41, 5.74) is 2.44. The second kappa shape index (κ2) is 7.52. The molecule has 2 heterocycles. The summed E-state index contributed by atoms with van der Waals surface area (Å²) in [4.78, 5) is 30.0. The van der Waals surface area contributed by atoms with E-state index in [1.807, 2.05) is 43.3 Å². The molecule has 0 saturated heterocycles. The number of benzene rings is 2. The topological polar surface area (TPSA) is 81.8 Å². The minimum absolute atomic E-state index is 0.157. The Kier molecular flexibility index (Phi) is 4.90. The number of hydrogen-bond donors (Lipinski definition) is 1. The van der Waals surface area contributed by atoms with Crippen molar-refractivity contribution >= 4 is 34.2 Å². The Labute approximate surface area is 171 Å². The van der Waals surface area contributed by atoms with Crippen LogP contribution in [0.1, 0.15) is 11.4 Å². The van der Waals surface area contributed by atoms with Crippen LogP contribution in [-0.2, 0) is 11.3 Å². The van der Waals surface area contributed by atoms with Gasteiger partial charge in [0.1, 0.15) is 17.8 Å². The fourth-order valence-electron chi connectivity index (χ4n) is 3.07. The molecule has 0 radical (unpaired) electrons. The van der Waals surface area contributed by atoms with E-state index in [9.17, 15) is 9.59 Å². The predicted molar refractivity (Wildman–Crippen MR) is 113 cm³/mol. The third-order valence-electron chi connectivity index (χ3n) is 4.64. The molecule has 0 aliphatic rings. The van der Waals surface area contributed by atoms with E-state index in [1.165, 1.54) is 10.8 Å². The largest absolute Gasteiger partial charge is 0.324 e. The third-order valence-corrected chi connectivity index (χ3v) is 5.04. The fourth-order valence-corrected chi connectivity index (χ4v) is 3.25. The van der Waals surface area contributed by atoms with Gasteiger partial charge in [-0.1, -0.05) is 35.9 Å². The standard InChI is InChI=1S/C21H18ClN5O2/c1-13-8-9-15(10-18(13)22)25-19(28)12-26-14(2)24-20-17(21(26)29)11-23-27(20)16-6-4-3-5-7-16/h3-11H,12H2,1-2H3,(H,25,28). The number of para-hydroxylation sites is 1. The number of nitrogens with zero attached hydrogens (tertiary/aromatic N) is 4. The monoisotopic (exact) mass is 407 g/mol. The summed E-state index contributed by atoms with van der Waals surface area (Å²) in [5.74, 6) is 0.0870. The van der Waals surface area contributed by atoms with E-state index in [2.05, 4.69) is 15.4 Å². The van der Waals surface area contributed by atoms with Gasteiger partial charge < -0.3 is 5.32 Å². The van der Waals surface area contributed by atoms with E-state index >= 15 is 0 Å². The lowest BCUT2D eigenvalue weighted by Crippen LogP contribution is -2.30. The number of hydrogen-bond acceptors (Lipinski definition) is 4. The maximum atomic E-state index is 12.9. The van der Waals surface area contributed by atoms with Crippen LogP contribution in [0.3, 0.4) is 0 Å². The minimum atomic E-state index is -0.341. The molecule has 146 valence electrons. The summed E-state index contributed by atoms with van der Waals surface area (Å²) in [7, 11) is 0. The van der Waals surface area contributed by atoms with Crippen LogP contribution in [0.25, 0.3) is 16.7 Å². The van der Waals surface area contributed by atoms with E-state index in [0.29, 0.717) is 27.6 Å². The van der Waals surface area contributed by atoms with E-state index in [4.69, 9.17) is 11.6 Å². The van der Waals surface area contributed by atoms with Gasteiger partial charge in [-0.05, 0) is 43.7 Å². The van der Waals surface area contributed by atoms with E-state index in [0.717, 1.165) is 11.3 Å². The molecule has 0 fully saturated rings. The lowest BCUT2D eigenvalue weighted by Gasteiger charge is -2.11. The van der Waals surface area contributed by atoms with Gasteiger partial charge in [0.2, 0.25) is 5.91 Å². The van der Waals surface area contributed by atoms with Crippen LogP contribution in [0, 0.1) is 13.8 Å². The first-order chi connectivity index (χ1) is 13.9. The van der Waals surface area contributed by atoms with Crippen molar-refractivity contribution in [2.45, 2.75) is 20.4 Å². The Balaban J connectivity index is 1.65. The molecule has 29 heavy (non-hydrogen) atoms. The average molecular weight is 408 g/mol. The summed E-state index contributed by atoms with van der Waals surface area (Å²) in [5, 5.41) is 7.97. The van der Waals surface area contributed by atoms with Crippen LogP contribution in [0.5, 0.6) is 0 Å². The van der Waals surface area contributed by atoms with Gasteiger partial charge in [0.25, 0.3) is 5.56 Å². The Hall–Kier alpha value is -3.45. The van der Waals surface area contributed by atoms with Gasteiger partial charge in [0.05, 0.1) is 11.9 Å². The molecule has 7 nitrogen and oxygen atoms in total. The second-order valence-corrected chi connectivity index (χ2v) is 7.10. The molecule has 0 aliphatic carbocycles. The molecule has 0 bridgehead atoms. The molecule has 1 amide bonds. The zero-order valence-corrected chi connectivity index (χ0v) is 16.6. The van der Waals surface area contributed by atoms with Crippen LogP contribution in [0.15, 0.2) is 59.5 Å². The molecular weight excluding hydrogens is 390 g/mol. The van der Waals surface area contributed by atoms with Gasteiger partial charge in [-0.15, -0.1) is 0 Å². The van der Waals surface area contributed by atoms with Crippen molar-refractivity contribution in [2.75, 3.05) is 5.32 Å². The molecule has 0 atom stereocenters. The Bertz CT molecular complexity index is 1280. The van der Waals surface area contributed by atoms with E-state index in [-0.39, 0.29) is 18.0 Å². The quantitative estimate of drug-likeness (QED) is 0.561. The molecular formula is C21H18ClN5O2. The van der Waals surface area contributed by atoms with Crippen LogP contribution >= 0.6 is 11.6 Å². The molecule has 8 heteroatoms. The SMILES string of the molecule is Cc1ccc(NC(=O)Cn2c(C)nc3c(cnn3-c3ccccc3)c2=O)cc1Cl. The van der Waals surface area contributed by atoms with Crippen molar-refractivity contribution in [3.05, 3.63) is 81.5 Å². The number of rotatable bonds is 4. The van der Waals surface area contributed by atoms with E-state index < -0.39 is 0 Å². The maximum Gasteiger partial charge on any atom is 0.265 e.